The van der Waals surface area contributed by atoms with Crippen molar-refractivity contribution in [1.82, 2.24) is 4.98 Å². The third-order valence-electron chi connectivity index (χ3n) is 3.89. The maximum Gasteiger partial charge on any atom is 0.258 e. The summed E-state index contributed by atoms with van der Waals surface area (Å²) in [6.07, 6.45) is 4.38. The van der Waals surface area contributed by atoms with E-state index in [1.54, 1.807) is 18.5 Å². The van der Waals surface area contributed by atoms with Crippen LogP contribution in [0.1, 0.15) is 41.3 Å². The Hall–Kier alpha value is -1.87. The molecule has 0 atom stereocenters. The number of hydrogen-bond donors (Lipinski definition) is 0. The molecule has 0 bridgehead atoms. The number of pyridine rings is 1. The van der Waals surface area contributed by atoms with Gasteiger partial charge in [-0.3, -0.25) is 9.78 Å². The van der Waals surface area contributed by atoms with E-state index in [1.165, 1.54) is 0 Å². The summed E-state index contributed by atoms with van der Waals surface area (Å²) >= 11 is 6.01. The summed E-state index contributed by atoms with van der Waals surface area (Å²) in [5.41, 5.74) is 3.83. The Kier molecular flexibility index (Phi) is 3.68. The van der Waals surface area contributed by atoms with Crippen LogP contribution < -0.4 is 4.90 Å². The van der Waals surface area contributed by atoms with Crippen LogP contribution in [-0.4, -0.2) is 17.4 Å². The Bertz CT molecular complexity index is 697. The Morgan fingerprint density at radius 3 is 2.86 bits per heavy atom. The molecule has 0 unspecified atom stereocenters. The van der Waals surface area contributed by atoms with Gasteiger partial charge in [0.1, 0.15) is 0 Å². The van der Waals surface area contributed by atoms with Crippen molar-refractivity contribution < 1.29 is 4.79 Å². The maximum absolute atomic E-state index is 12.8. The summed E-state index contributed by atoms with van der Waals surface area (Å²) in [7, 11) is 0. The average Bonchev–Trinajstić information content (AvgIpc) is 2.47. The monoisotopic (exact) mass is 300 g/mol. The number of nitrogens with zero attached hydrogens (tertiary/aromatic N) is 2. The predicted molar refractivity (Wildman–Crippen MR) is 85.2 cm³/mol. The third-order valence-corrected chi connectivity index (χ3v) is 4.13. The molecule has 1 amide bonds. The minimum Gasteiger partial charge on any atom is -0.306 e. The first-order chi connectivity index (χ1) is 10.1. The number of aromatic nitrogens is 1. The van der Waals surface area contributed by atoms with Gasteiger partial charge in [0.25, 0.3) is 5.91 Å². The van der Waals surface area contributed by atoms with E-state index >= 15 is 0 Å². The Morgan fingerprint density at radius 2 is 2.10 bits per heavy atom. The second-order valence-corrected chi connectivity index (χ2v) is 6.03. The summed E-state index contributed by atoms with van der Waals surface area (Å²) in [5.74, 6) is 0.380. The molecule has 0 radical (unpaired) electrons. The summed E-state index contributed by atoms with van der Waals surface area (Å²) in [6.45, 7) is 4.92. The molecule has 2 heterocycles. The zero-order valence-electron chi connectivity index (χ0n) is 12.1. The molecule has 0 N–H and O–H groups in total. The zero-order valence-corrected chi connectivity index (χ0v) is 12.9. The van der Waals surface area contributed by atoms with E-state index < -0.39 is 0 Å². The maximum atomic E-state index is 12.8. The molecule has 108 valence electrons. The number of halogens is 1. The molecule has 1 aliphatic rings. The van der Waals surface area contributed by atoms with E-state index in [1.807, 2.05) is 23.1 Å². The highest BCUT2D eigenvalue weighted by molar-refractivity contribution is 6.30. The fourth-order valence-electron chi connectivity index (χ4n) is 2.80. The minimum absolute atomic E-state index is 0.0304. The van der Waals surface area contributed by atoms with E-state index in [0.717, 1.165) is 28.8 Å². The second-order valence-electron chi connectivity index (χ2n) is 5.60. The van der Waals surface area contributed by atoms with Crippen LogP contribution in [-0.2, 0) is 6.42 Å². The van der Waals surface area contributed by atoms with Crippen LogP contribution in [0.2, 0.25) is 5.02 Å². The van der Waals surface area contributed by atoms with Gasteiger partial charge in [0.05, 0.1) is 11.9 Å². The number of rotatable bonds is 2. The van der Waals surface area contributed by atoms with Gasteiger partial charge < -0.3 is 4.90 Å². The molecule has 2 aromatic rings. The SMILES string of the molecule is CC(C)c1ccncc1N1CCc2cc(Cl)ccc2C1=O. The summed E-state index contributed by atoms with van der Waals surface area (Å²) in [5, 5.41) is 0.680. The second kappa shape index (κ2) is 5.49. The molecule has 1 aromatic carbocycles. The molecular weight excluding hydrogens is 284 g/mol. The molecule has 0 aliphatic carbocycles. The molecule has 1 aromatic heterocycles. The lowest BCUT2D eigenvalue weighted by molar-refractivity contribution is 0.0980. The van der Waals surface area contributed by atoms with Gasteiger partial charge in [0, 0.05) is 23.3 Å². The number of anilines is 1. The van der Waals surface area contributed by atoms with Gasteiger partial charge in [-0.15, -0.1) is 0 Å². The number of carbonyl (C=O) groups is 1. The molecule has 0 saturated carbocycles. The molecule has 1 aliphatic heterocycles. The van der Waals surface area contributed by atoms with E-state index in [9.17, 15) is 4.79 Å². The highest BCUT2D eigenvalue weighted by Gasteiger charge is 2.27. The van der Waals surface area contributed by atoms with Crippen molar-refractivity contribution in [1.29, 1.82) is 0 Å². The predicted octanol–water partition coefficient (Wildman–Crippen LogP) is 4.06. The smallest absolute Gasteiger partial charge is 0.258 e. The lowest BCUT2D eigenvalue weighted by Gasteiger charge is -2.30. The van der Waals surface area contributed by atoms with E-state index in [4.69, 9.17) is 11.6 Å². The fourth-order valence-corrected chi connectivity index (χ4v) is 2.99. The van der Waals surface area contributed by atoms with Crippen LogP contribution in [0.4, 0.5) is 5.69 Å². The van der Waals surface area contributed by atoms with Crippen LogP contribution in [0.15, 0.2) is 36.7 Å². The quantitative estimate of drug-likeness (QED) is 0.838. The van der Waals surface area contributed by atoms with E-state index in [0.29, 0.717) is 17.5 Å². The van der Waals surface area contributed by atoms with E-state index in [-0.39, 0.29) is 5.91 Å². The van der Waals surface area contributed by atoms with Crippen molar-refractivity contribution >= 4 is 23.2 Å². The van der Waals surface area contributed by atoms with Gasteiger partial charge in [-0.2, -0.15) is 0 Å². The molecule has 4 heteroatoms. The topological polar surface area (TPSA) is 33.2 Å². The highest BCUT2D eigenvalue weighted by Crippen LogP contribution is 2.31. The van der Waals surface area contributed by atoms with Crippen LogP contribution in [0.3, 0.4) is 0 Å². The van der Waals surface area contributed by atoms with Gasteiger partial charge in [-0.1, -0.05) is 25.4 Å². The van der Waals surface area contributed by atoms with Gasteiger partial charge in [0.2, 0.25) is 0 Å². The first-order valence-corrected chi connectivity index (χ1v) is 7.50. The highest BCUT2D eigenvalue weighted by atomic mass is 35.5. The fraction of sp³-hybridized carbons (Fsp3) is 0.294. The van der Waals surface area contributed by atoms with Crippen molar-refractivity contribution in [3.05, 3.63) is 58.4 Å². The van der Waals surface area contributed by atoms with Crippen molar-refractivity contribution in [2.45, 2.75) is 26.2 Å². The third kappa shape index (κ3) is 2.54. The van der Waals surface area contributed by atoms with Gasteiger partial charge >= 0.3 is 0 Å². The minimum atomic E-state index is 0.0304. The largest absolute Gasteiger partial charge is 0.306 e. The average molecular weight is 301 g/mol. The van der Waals surface area contributed by atoms with Crippen LogP contribution in [0.25, 0.3) is 0 Å². The van der Waals surface area contributed by atoms with Crippen LogP contribution in [0, 0.1) is 0 Å². The molecule has 3 rings (SSSR count). The Labute approximate surface area is 129 Å². The zero-order chi connectivity index (χ0) is 15.0. The number of carbonyl (C=O) groups excluding carboxylic acids is 1. The standard InChI is InChI=1S/C17H17ClN2O/c1-11(2)14-5-7-19-10-16(14)20-8-6-12-9-13(18)3-4-15(12)17(20)21/h3-5,7,9-11H,6,8H2,1-2H3. The van der Waals surface area contributed by atoms with E-state index in [2.05, 4.69) is 18.8 Å². The first kappa shape index (κ1) is 14.1. The number of fused-ring (bicyclic) bond motifs is 1. The summed E-state index contributed by atoms with van der Waals surface area (Å²) < 4.78 is 0. The molecular formula is C17H17ClN2O. The van der Waals surface area contributed by atoms with Gasteiger partial charge in [-0.25, -0.2) is 0 Å². The molecule has 21 heavy (non-hydrogen) atoms. The van der Waals surface area contributed by atoms with Crippen molar-refractivity contribution in [2.75, 3.05) is 11.4 Å². The number of benzene rings is 1. The normalized spacial score (nSPS) is 14.5. The lowest BCUT2D eigenvalue weighted by atomic mass is 9.96. The lowest BCUT2D eigenvalue weighted by Crippen LogP contribution is -2.38. The van der Waals surface area contributed by atoms with Crippen molar-refractivity contribution in [3.63, 3.8) is 0 Å². The molecule has 3 nitrogen and oxygen atoms in total. The summed E-state index contributed by atoms with van der Waals surface area (Å²) in [6, 6.07) is 7.47. The van der Waals surface area contributed by atoms with Crippen molar-refractivity contribution in [3.8, 4) is 0 Å². The first-order valence-electron chi connectivity index (χ1n) is 7.12. The number of amides is 1. The van der Waals surface area contributed by atoms with Gasteiger partial charge in [0.15, 0.2) is 0 Å². The van der Waals surface area contributed by atoms with Gasteiger partial charge in [-0.05, 0) is 47.7 Å². The molecule has 0 spiro atoms. The van der Waals surface area contributed by atoms with Crippen LogP contribution in [0.5, 0.6) is 0 Å². The molecule has 0 saturated heterocycles. The summed E-state index contributed by atoms with van der Waals surface area (Å²) in [4.78, 5) is 18.8. The molecule has 0 fully saturated rings. The van der Waals surface area contributed by atoms with Crippen LogP contribution >= 0.6 is 11.6 Å². The number of hydrogen-bond acceptors (Lipinski definition) is 2. The Balaban J connectivity index is 2.03. The van der Waals surface area contributed by atoms with Crippen molar-refractivity contribution in [2.24, 2.45) is 0 Å². The Morgan fingerprint density at radius 1 is 1.29 bits per heavy atom.